The quantitative estimate of drug-likeness (QED) is 0.300. The van der Waals surface area contributed by atoms with Crippen molar-refractivity contribution < 1.29 is 4.79 Å². The summed E-state index contributed by atoms with van der Waals surface area (Å²) in [7, 11) is 0. The number of thiazole rings is 1. The van der Waals surface area contributed by atoms with E-state index in [1.54, 1.807) is 35.3 Å². The van der Waals surface area contributed by atoms with Crippen LogP contribution in [0, 0.1) is 0 Å². The fourth-order valence-corrected chi connectivity index (χ4v) is 4.98. The molecule has 1 aromatic heterocycles. The molecular weight excluding hydrogens is 457 g/mol. The fourth-order valence-electron chi connectivity index (χ4n) is 2.78. The first kappa shape index (κ1) is 20.9. The van der Waals surface area contributed by atoms with E-state index in [1.165, 1.54) is 23.1 Å². The van der Waals surface area contributed by atoms with Crippen molar-refractivity contribution in [2.45, 2.75) is 0 Å². The van der Waals surface area contributed by atoms with Crippen LogP contribution in [0.2, 0.25) is 10.0 Å². The number of carbonyl (C=O) groups excluding carboxylic acids is 1. The second-order valence-corrected chi connectivity index (χ2v) is 8.95. The largest absolute Gasteiger partial charge is 0.282 e. The van der Waals surface area contributed by atoms with Gasteiger partial charge in [0.15, 0.2) is 5.17 Å². The smallest absolute Gasteiger partial charge is 0.267 e. The van der Waals surface area contributed by atoms with Gasteiger partial charge < -0.3 is 0 Å². The third-order valence-electron chi connectivity index (χ3n) is 4.20. The van der Waals surface area contributed by atoms with Crippen molar-refractivity contribution >= 4 is 68.6 Å². The lowest BCUT2D eigenvalue weighted by atomic mass is 10.2. The number of aromatic nitrogens is 1. The highest BCUT2D eigenvalue weighted by molar-refractivity contribution is 8.18. The molecule has 8 heteroatoms. The molecule has 0 atom stereocenters. The Morgan fingerprint density at radius 1 is 1.17 bits per heavy atom. The number of amides is 1. The molecular formula is C22H15Cl2N3OS2. The number of hydrogen-bond donors (Lipinski definition) is 0. The molecule has 3 aromatic rings. The van der Waals surface area contributed by atoms with Crippen LogP contribution in [0.1, 0.15) is 5.56 Å². The molecule has 150 valence electrons. The molecule has 1 saturated heterocycles. The summed E-state index contributed by atoms with van der Waals surface area (Å²) in [6.45, 7) is 4.10. The Bertz CT molecular complexity index is 1170. The Morgan fingerprint density at radius 3 is 2.70 bits per heavy atom. The van der Waals surface area contributed by atoms with Crippen LogP contribution in [0.15, 0.2) is 76.5 Å². The lowest BCUT2D eigenvalue weighted by Gasteiger charge is -2.11. The van der Waals surface area contributed by atoms with Gasteiger partial charge in [-0.05, 0) is 35.5 Å². The Labute approximate surface area is 192 Å². The third kappa shape index (κ3) is 4.52. The van der Waals surface area contributed by atoms with E-state index in [0.29, 0.717) is 31.8 Å². The topological polar surface area (TPSA) is 45.6 Å². The minimum Gasteiger partial charge on any atom is -0.282 e. The molecule has 30 heavy (non-hydrogen) atoms. The molecule has 0 spiro atoms. The molecule has 0 unspecified atom stereocenters. The number of halogens is 2. The predicted octanol–water partition coefficient (Wildman–Crippen LogP) is 6.91. The van der Waals surface area contributed by atoms with Crippen molar-refractivity contribution in [2.75, 3.05) is 6.54 Å². The van der Waals surface area contributed by atoms with Gasteiger partial charge in [0, 0.05) is 27.5 Å². The van der Waals surface area contributed by atoms with Gasteiger partial charge in [0.2, 0.25) is 5.13 Å². The Balaban J connectivity index is 1.65. The van der Waals surface area contributed by atoms with Gasteiger partial charge in [-0.15, -0.1) is 17.9 Å². The molecule has 1 amide bonds. The van der Waals surface area contributed by atoms with E-state index >= 15 is 0 Å². The highest BCUT2D eigenvalue weighted by atomic mass is 35.5. The van der Waals surface area contributed by atoms with Gasteiger partial charge in [0.1, 0.15) is 0 Å². The van der Waals surface area contributed by atoms with Crippen LogP contribution in [0.25, 0.3) is 17.3 Å². The average molecular weight is 472 g/mol. The van der Waals surface area contributed by atoms with Crippen LogP contribution in [0.5, 0.6) is 0 Å². The first-order chi connectivity index (χ1) is 14.5. The van der Waals surface area contributed by atoms with E-state index < -0.39 is 0 Å². The molecule has 1 aliphatic rings. The van der Waals surface area contributed by atoms with Crippen molar-refractivity contribution in [1.82, 2.24) is 9.88 Å². The van der Waals surface area contributed by atoms with E-state index in [4.69, 9.17) is 23.2 Å². The molecule has 1 fully saturated rings. The van der Waals surface area contributed by atoms with Crippen LogP contribution in [0.3, 0.4) is 0 Å². The van der Waals surface area contributed by atoms with Crippen LogP contribution in [-0.4, -0.2) is 27.5 Å². The molecule has 0 N–H and O–H groups in total. The van der Waals surface area contributed by atoms with Crippen LogP contribution >= 0.6 is 46.3 Å². The minimum atomic E-state index is -0.149. The Morgan fingerprint density at radius 2 is 1.97 bits per heavy atom. The van der Waals surface area contributed by atoms with Crippen molar-refractivity contribution in [2.24, 2.45) is 4.99 Å². The molecule has 1 aliphatic heterocycles. The molecule has 4 nitrogen and oxygen atoms in total. The third-order valence-corrected chi connectivity index (χ3v) is 6.51. The molecule has 2 heterocycles. The summed E-state index contributed by atoms with van der Waals surface area (Å²) in [5, 5.41) is 4.13. The highest BCUT2D eigenvalue weighted by Crippen LogP contribution is 2.36. The molecule has 0 aliphatic carbocycles. The van der Waals surface area contributed by atoms with Crippen LogP contribution in [-0.2, 0) is 4.79 Å². The second-order valence-electron chi connectivity index (χ2n) is 6.26. The molecule has 0 saturated carbocycles. The maximum absolute atomic E-state index is 12.9. The number of nitrogens with zero attached hydrogens (tertiary/aromatic N) is 3. The van der Waals surface area contributed by atoms with Crippen LogP contribution < -0.4 is 0 Å². The zero-order valence-electron chi connectivity index (χ0n) is 15.6. The number of thioether (sulfide) groups is 1. The SMILES string of the molecule is C=CCN1C(=O)/C(=C/c2ccc(Cl)cc2Cl)S/C1=N/c1nc(-c2ccccc2)cs1. The number of hydrogen-bond acceptors (Lipinski definition) is 5. The van der Waals surface area contributed by atoms with Gasteiger partial charge >= 0.3 is 0 Å². The summed E-state index contributed by atoms with van der Waals surface area (Å²) >= 11 is 14.9. The zero-order chi connectivity index (χ0) is 21.1. The molecule has 0 bridgehead atoms. The van der Waals surface area contributed by atoms with Crippen LogP contribution in [0.4, 0.5) is 5.13 Å². The Kier molecular flexibility index (Phi) is 6.39. The maximum Gasteiger partial charge on any atom is 0.267 e. The van der Waals surface area contributed by atoms with Gasteiger partial charge in [0.25, 0.3) is 5.91 Å². The molecule has 0 radical (unpaired) electrons. The van der Waals surface area contributed by atoms with Gasteiger partial charge in [-0.2, -0.15) is 4.99 Å². The minimum absolute atomic E-state index is 0.149. The van der Waals surface area contributed by atoms with Crippen molar-refractivity contribution in [3.8, 4) is 11.3 Å². The summed E-state index contributed by atoms with van der Waals surface area (Å²) < 4.78 is 0. The van der Waals surface area contributed by atoms with Gasteiger partial charge in [0.05, 0.1) is 10.6 Å². The average Bonchev–Trinajstić information content (AvgIpc) is 3.32. The zero-order valence-corrected chi connectivity index (χ0v) is 18.7. The first-order valence-corrected chi connectivity index (χ1v) is 11.4. The maximum atomic E-state index is 12.9. The summed E-state index contributed by atoms with van der Waals surface area (Å²) in [6, 6.07) is 15.1. The van der Waals surface area contributed by atoms with Crippen molar-refractivity contribution in [3.63, 3.8) is 0 Å². The second kappa shape index (κ2) is 9.18. The summed E-state index contributed by atoms with van der Waals surface area (Å²) in [5.74, 6) is -0.149. The molecule has 2 aromatic carbocycles. The van der Waals surface area contributed by atoms with E-state index in [9.17, 15) is 4.79 Å². The number of aliphatic imine (C=N–C) groups is 1. The fraction of sp³-hybridized carbons (Fsp3) is 0.0455. The molecule has 4 rings (SSSR count). The summed E-state index contributed by atoms with van der Waals surface area (Å²) in [4.78, 5) is 24.3. The first-order valence-electron chi connectivity index (χ1n) is 8.92. The standard InChI is InChI=1S/C22H15Cl2N3OS2/c1-2-10-27-20(28)19(11-15-8-9-16(23)12-17(15)24)30-22(27)26-21-25-18(13-29-21)14-6-4-3-5-7-14/h2-9,11-13H,1,10H2/b19-11-,26-22+. The van der Waals surface area contributed by atoms with E-state index in [2.05, 4.69) is 16.6 Å². The number of carbonyl (C=O) groups is 1. The lowest BCUT2D eigenvalue weighted by molar-refractivity contribution is -0.121. The van der Waals surface area contributed by atoms with Gasteiger partial charge in [-0.1, -0.05) is 65.7 Å². The Hall–Kier alpha value is -2.38. The number of benzene rings is 2. The predicted molar refractivity (Wildman–Crippen MR) is 129 cm³/mol. The van der Waals surface area contributed by atoms with Crippen molar-refractivity contribution in [3.05, 3.63) is 87.1 Å². The van der Waals surface area contributed by atoms with Crippen molar-refractivity contribution in [1.29, 1.82) is 0 Å². The highest BCUT2D eigenvalue weighted by Gasteiger charge is 2.33. The lowest BCUT2D eigenvalue weighted by Crippen LogP contribution is -2.29. The van der Waals surface area contributed by atoms with E-state index in [1.807, 2.05) is 35.7 Å². The van der Waals surface area contributed by atoms with Gasteiger partial charge in [-0.25, -0.2) is 4.98 Å². The monoisotopic (exact) mass is 471 g/mol. The van der Waals surface area contributed by atoms with E-state index in [-0.39, 0.29) is 5.91 Å². The summed E-state index contributed by atoms with van der Waals surface area (Å²) in [6.07, 6.45) is 3.42. The van der Waals surface area contributed by atoms with Gasteiger partial charge in [-0.3, -0.25) is 9.69 Å². The normalized spacial score (nSPS) is 16.6. The number of amidine groups is 1. The summed E-state index contributed by atoms with van der Waals surface area (Å²) in [5.41, 5.74) is 2.60. The van der Waals surface area contributed by atoms with E-state index in [0.717, 1.165) is 16.8 Å². The number of rotatable bonds is 5.